The summed E-state index contributed by atoms with van der Waals surface area (Å²) < 4.78 is 0. The molecule has 0 saturated carbocycles. The number of thioether (sulfide) groups is 1. The Bertz CT molecular complexity index is 56.9. The molecule has 0 spiro atoms. The topological polar surface area (TPSA) is 12.0 Å². The monoisotopic (exact) mass is 147 g/mol. The highest BCUT2D eigenvalue weighted by molar-refractivity contribution is 7.99. The quantitative estimate of drug-likeness (QED) is 0.598. The number of rotatable bonds is 5. The van der Waals surface area contributed by atoms with Crippen LogP contribution in [0.2, 0.25) is 0 Å². The molecular weight excluding hydrogens is 130 g/mol. The molecule has 9 heavy (non-hydrogen) atoms. The van der Waals surface area contributed by atoms with Crippen molar-refractivity contribution in [1.82, 2.24) is 5.32 Å². The lowest BCUT2D eigenvalue weighted by Gasteiger charge is -2.10. The molecule has 0 unspecified atom stereocenters. The second kappa shape index (κ2) is 6.43. The van der Waals surface area contributed by atoms with Crippen molar-refractivity contribution in [3.8, 4) is 0 Å². The Kier molecular flexibility index (Phi) is 6.65. The molecule has 0 rings (SSSR count). The van der Waals surface area contributed by atoms with E-state index >= 15 is 0 Å². The van der Waals surface area contributed by atoms with Crippen molar-refractivity contribution in [3.05, 3.63) is 0 Å². The van der Waals surface area contributed by atoms with Crippen molar-refractivity contribution in [2.24, 2.45) is 0 Å². The summed E-state index contributed by atoms with van der Waals surface area (Å²) >= 11 is 1.96. The molecular formula is C7H17NS. The van der Waals surface area contributed by atoms with Crippen LogP contribution >= 0.6 is 11.8 Å². The minimum atomic E-state index is 0.634. The molecule has 0 saturated heterocycles. The molecule has 0 bridgehead atoms. The maximum Gasteiger partial charge on any atom is 0.0503 e. The summed E-state index contributed by atoms with van der Waals surface area (Å²) in [5.41, 5.74) is 0. The van der Waals surface area contributed by atoms with Gasteiger partial charge in [-0.25, -0.2) is 0 Å². The fraction of sp³-hybridized carbons (Fsp3) is 1.00. The van der Waals surface area contributed by atoms with E-state index in [1.807, 2.05) is 11.8 Å². The molecule has 0 aliphatic heterocycles. The lowest BCUT2D eigenvalue weighted by atomic mass is 10.5. The van der Waals surface area contributed by atoms with Crippen LogP contribution in [0.5, 0.6) is 0 Å². The molecule has 56 valence electrons. The Labute approximate surface area is 62.6 Å². The molecule has 0 radical (unpaired) electrons. The first-order valence-electron chi connectivity index (χ1n) is 3.66. The molecule has 1 N–H and O–H groups in total. The molecule has 1 nitrogen and oxygen atoms in total. The van der Waals surface area contributed by atoms with Gasteiger partial charge in [-0.15, -0.1) is 11.8 Å². The number of hydrogen-bond acceptors (Lipinski definition) is 2. The van der Waals surface area contributed by atoms with Gasteiger partial charge in [0.2, 0.25) is 0 Å². The molecule has 0 aromatic heterocycles. The fourth-order valence-electron chi connectivity index (χ4n) is 0.657. The molecule has 0 aliphatic rings. The van der Waals surface area contributed by atoms with Crippen LogP contribution in [0.4, 0.5) is 0 Å². The minimum Gasteiger partial charge on any atom is -0.306 e. The molecule has 2 heteroatoms. The van der Waals surface area contributed by atoms with Gasteiger partial charge in [-0.2, -0.15) is 0 Å². The van der Waals surface area contributed by atoms with E-state index in [1.165, 1.54) is 12.2 Å². The van der Waals surface area contributed by atoms with Crippen molar-refractivity contribution >= 4 is 11.8 Å². The van der Waals surface area contributed by atoms with Crippen LogP contribution in [0.25, 0.3) is 0 Å². The van der Waals surface area contributed by atoms with Gasteiger partial charge < -0.3 is 5.32 Å². The van der Waals surface area contributed by atoms with Crippen molar-refractivity contribution in [2.45, 2.75) is 32.6 Å². The van der Waals surface area contributed by atoms with Crippen LogP contribution in [-0.2, 0) is 0 Å². The Hall–Kier alpha value is 0.310. The zero-order valence-electron chi connectivity index (χ0n) is 6.61. The number of hydrogen-bond donors (Lipinski definition) is 1. The normalized spacial score (nSPS) is 13.7. The van der Waals surface area contributed by atoms with Crippen LogP contribution < -0.4 is 5.32 Å². The fourth-order valence-corrected chi connectivity index (χ4v) is 1.39. The summed E-state index contributed by atoms with van der Waals surface area (Å²) in [6.07, 6.45) is 1.23. The summed E-state index contributed by atoms with van der Waals surface area (Å²) in [5.74, 6) is 1.21. The van der Waals surface area contributed by atoms with Crippen LogP contribution in [-0.4, -0.2) is 17.7 Å². The predicted molar refractivity (Wildman–Crippen MR) is 45.9 cm³/mol. The van der Waals surface area contributed by atoms with E-state index in [9.17, 15) is 0 Å². The van der Waals surface area contributed by atoms with Crippen LogP contribution in [0, 0.1) is 0 Å². The van der Waals surface area contributed by atoms with Crippen molar-refractivity contribution in [2.75, 3.05) is 12.3 Å². The second-order valence-corrected chi connectivity index (χ2v) is 3.67. The van der Waals surface area contributed by atoms with Gasteiger partial charge in [0.1, 0.15) is 0 Å². The summed E-state index contributed by atoms with van der Waals surface area (Å²) in [6.45, 7) is 7.74. The molecule has 1 atom stereocenters. The Morgan fingerprint density at radius 3 is 2.56 bits per heavy atom. The van der Waals surface area contributed by atoms with Crippen LogP contribution in [0.15, 0.2) is 0 Å². The van der Waals surface area contributed by atoms with Crippen molar-refractivity contribution in [3.63, 3.8) is 0 Å². The second-order valence-electron chi connectivity index (χ2n) is 2.05. The molecule has 0 aliphatic carbocycles. The van der Waals surface area contributed by atoms with Gasteiger partial charge in [0.15, 0.2) is 0 Å². The van der Waals surface area contributed by atoms with Gasteiger partial charge in [-0.1, -0.05) is 13.8 Å². The average Bonchev–Trinajstić information content (AvgIpc) is 1.85. The van der Waals surface area contributed by atoms with E-state index in [-0.39, 0.29) is 0 Å². The van der Waals surface area contributed by atoms with Crippen LogP contribution in [0.3, 0.4) is 0 Å². The summed E-state index contributed by atoms with van der Waals surface area (Å²) in [7, 11) is 0. The highest BCUT2D eigenvalue weighted by atomic mass is 32.2. The lowest BCUT2D eigenvalue weighted by molar-refractivity contribution is 0.671. The van der Waals surface area contributed by atoms with Gasteiger partial charge in [-0.05, 0) is 25.6 Å². The first-order chi connectivity index (χ1) is 4.31. The highest BCUT2D eigenvalue weighted by Gasteiger charge is 1.95. The highest BCUT2D eigenvalue weighted by Crippen LogP contribution is 2.04. The van der Waals surface area contributed by atoms with Gasteiger partial charge in [-0.3, -0.25) is 0 Å². The van der Waals surface area contributed by atoms with E-state index in [0.717, 1.165) is 6.54 Å². The maximum atomic E-state index is 3.40. The molecule has 0 fully saturated rings. The summed E-state index contributed by atoms with van der Waals surface area (Å²) in [6, 6.07) is 0. The number of nitrogens with one attached hydrogen (secondary N) is 1. The summed E-state index contributed by atoms with van der Waals surface area (Å²) in [5, 5.41) is 4.03. The third-order valence-corrected chi connectivity index (χ3v) is 2.10. The Morgan fingerprint density at radius 1 is 1.44 bits per heavy atom. The van der Waals surface area contributed by atoms with E-state index in [0.29, 0.717) is 5.37 Å². The zero-order valence-corrected chi connectivity index (χ0v) is 7.42. The molecule has 0 amide bonds. The SMILES string of the molecule is CCCN[C@H](C)SCC. The van der Waals surface area contributed by atoms with E-state index in [2.05, 4.69) is 26.1 Å². The molecule has 0 aromatic rings. The first-order valence-corrected chi connectivity index (χ1v) is 4.71. The smallest absolute Gasteiger partial charge is 0.0503 e. The van der Waals surface area contributed by atoms with Gasteiger partial charge >= 0.3 is 0 Å². The van der Waals surface area contributed by atoms with Gasteiger partial charge in [0.05, 0.1) is 5.37 Å². The first kappa shape index (κ1) is 9.31. The Balaban J connectivity index is 2.95. The van der Waals surface area contributed by atoms with Gasteiger partial charge in [0, 0.05) is 0 Å². The van der Waals surface area contributed by atoms with Crippen LogP contribution in [0.1, 0.15) is 27.2 Å². The average molecular weight is 147 g/mol. The predicted octanol–water partition coefficient (Wildman–Crippen LogP) is 2.09. The third kappa shape index (κ3) is 6.19. The van der Waals surface area contributed by atoms with Crippen molar-refractivity contribution in [1.29, 1.82) is 0 Å². The van der Waals surface area contributed by atoms with E-state index in [1.54, 1.807) is 0 Å². The minimum absolute atomic E-state index is 0.634. The van der Waals surface area contributed by atoms with Gasteiger partial charge in [0.25, 0.3) is 0 Å². The van der Waals surface area contributed by atoms with E-state index in [4.69, 9.17) is 0 Å². The Morgan fingerprint density at radius 2 is 2.11 bits per heavy atom. The summed E-state index contributed by atoms with van der Waals surface area (Å²) in [4.78, 5) is 0. The lowest BCUT2D eigenvalue weighted by Crippen LogP contribution is -2.23. The van der Waals surface area contributed by atoms with E-state index < -0.39 is 0 Å². The zero-order chi connectivity index (χ0) is 7.11. The molecule has 0 heterocycles. The molecule has 0 aromatic carbocycles. The third-order valence-electron chi connectivity index (χ3n) is 1.10. The maximum absolute atomic E-state index is 3.40. The van der Waals surface area contributed by atoms with Crippen molar-refractivity contribution < 1.29 is 0 Å². The standard InChI is InChI=1S/C7H17NS/c1-4-6-8-7(3)9-5-2/h7-8H,4-6H2,1-3H3/t7-/m0/s1. The largest absolute Gasteiger partial charge is 0.306 e.